The molecule has 0 aliphatic rings. The number of hydrogen-bond acceptors (Lipinski definition) is 4. The van der Waals surface area contributed by atoms with E-state index in [4.69, 9.17) is 5.73 Å². The number of rotatable bonds is 3. The highest BCUT2D eigenvalue weighted by atomic mass is 16.1. The van der Waals surface area contributed by atoms with Crippen LogP contribution in [-0.2, 0) is 0 Å². The van der Waals surface area contributed by atoms with Gasteiger partial charge in [0.15, 0.2) is 0 Å². The quantitative estimate of drug-likeness (QED) is 0.855. The Hall–Kier alpha value is -2.43. The third-order valence-electron chi connectivity index (χ3n) is 2.48. The number of aromatic nitrogens is 2. The van der Waals surface area contributed by atoms with Gasteiger partial charge in [-0.2, -0.15) is 0 Å². The van der Waals surface area contributed by atoms with Crippen LogP contribution in [0.4, 0.5) is 5.82 Å². The standard InChI is InChI=1S/C13H14N4O/c1-9(10-5-2-3-8-15-10)16-13(18)11-6-4-7-12(14)17-11/h2-9H,1H3,(H2,14,17)(H,16,18). The van der Waals surface area contributed by atoms with E-state index in [2.05, 4.69) is 15.3 Å². The summed E-state index contributed by atoms with van der Waals surface area (Å²) in [5.74, 6) is 0.0635. The molecule has 1 amide bonds. The summed E-state index contributed by atoms with van der Waals surface area (Å²) in [6, 6.07) is 10.3. The van der Waals surface area contributed by atoms with Crippen molar-refractivity contribution in [2.75, 3.05) is 5.73 Å². The molecule has 0 fully saturated rings. The number of carbonyl (C=O) groups is 1. The highest BCUT2D eigenvalue weighted by molar-refractivity contribution is 5.92. The van der Waals surface area contributed by atoms with E-state index in [1.165, 1.54) is 0 Å². The molecule has 18 heavy (non-hydrogen) atoms. The van der Waals surface area contributed by atoms with Gasteiger partial charge in [-0.3, -0.25) is 9.78 Å². The van der Waals surface area contributed by atoms with Gasteiger partial charge in [-0.1, -0.05) is 12.1 Å². The Morgan fingerprint density at radius 3 is 2.78 bits per heavy atom. The first-order valence-electron chi connectivity index (χ1n) is 5.61. The Bertz CT molecular complexity index is 542. The SMILES string of the molecule is CC(NC(=O)c1cccc(N)n1)c1ccccn1. The number of nitrogens with two attached hydrogens (primary N) is 1. The largest absolute Gasteiger partial charge is 0.384 e. The number of nitrogen functional groups attached to an aromatic ring is 1. The van der Waals surface area contributed by atoms with E-state index in [1.54, 1.807) is 24.4 Å². The first-order valence-corrected chi connectivity index (χ1v) is 5.61. The molecule has 1 atom stereocenters. The van der Waals surface area contributed by atoms with Crippen molar-refractivity contribution in [2.24, 2.45) is 0 Å². The number of hydrogen-bond donors (Lipinski definition) is 2. The summed E-state index contributed by atoms with van der Waals surface area (Å²) in [5, 5.41) is 2.82. The van der Waals surface area contributed by atoms with E-state index in [-0.39, 0.29) is 11.9 Å². The van der Waals surface area contributed by atoms with Gasteiger partial charge in [0.05, 0.1) is 11.7 Å². The van der Waals surface area contributed by atoms with Gasteiger partial charge >= 0.3 is 0 Å². The lowest BCUT2D eigenvalue weighted by atomic mass is 10.2. The molecule has 2 rings (SSSR count). The summed E-state index contributed by atoms with van der Waals surface area (Å²) < 4.78 is 0. The molecule has 0 saturated heterocycles. The van der Waals surface area contributed by atoms with E-state index in [0.29, 0.717) is 11.5 Å². The van der Waals surface area contributed by atoms with Crippen molar-refractivity contribution in [1.82, 2.24) is 15.3 Å². The highest BCUT2D eigenvalue weighted by Gasteiger charge is 2.13. The minimum Gasteiger partial charge on any atom is -0.384 e. The second-order valence-corrected chi connectivity index (χ2v) is 3.90. The molecule has 5 nitrogen and oxygen atoms in total. The zero-order valence-electron chi connectivity index (χ0n) is 10.00. The Labute approximate surface area is 105 Å². The smallest absolute Gasteiger partial charge is 0.270 e. The van der Waals surface area contributed by atoms with Crippen molar-refractivity contribution >= 4 is 11.7 Å². The summed E-state index contributed by atoms with van der Waals surface area (Å²) in [6.07, 6.45) is 1.69. The van der Waals surface area contributed by atoms with E-state index in [0.717, 1.165) is 5.69 Å². The molecule has 2 heterocycles. The van der Waals surface area contributed by atoms with Crippen molar-refractivity contribution in [1.29, 1.82) is 0 Å². The van der Waals surface area contributed by atoms with Crippen LogP contribution in [0.15, 0.2) is 42.6 Å². The Morgan fingerprint density at radius 2 is 2.11 bits per heavy atom. The number of carbonyl (C=O) groups excluding carboxylic acids is 1. The van der Waals surface area contributed by atoms with Crippen molar-refractivity contribution in [3.8, 4) is 0 Å². The maximum absolute atomic E-state index is 11.9. The lowest BCUT2D eigenvalue weighted by molar-refractivity contribution is 0.0934. The summed E-state index contributed by atoms with van der Waals surface area (Å²) in [4.78, 5) is 20.1. The topological polar surface area (TPSA) is 80.9 Å². The van der Waals surface area contributed by atoms with Crippen molar-refractivity contribution in [2.45, 2.75) is 13.0 Å². The second-order valence-electron chi connectivity index (χ2n) is 3.90. The molecule has 2 aromatic rings. The Balaban J connectivity index is 2.08. The third kappa shape index (κ3) is 2.82. The molecule has 0 spiro atoms. The molecule has 1 unspecified atom stereocenters. The molecule has 0 aliphatic heterocycles. The average molecular weight is 242 g/mol. The number of nitrogens with zero attached hydrogens (tertiary/aromatic N) is 2. The van der Waals surface area contributed by atoms with Crippen LogP contribution in [0.25, 0.3) is 0 Å². The second kappa shape index (κ2) is 5.27. The van der Waals surface area contributed by atoms with Crippen LogP contribution in [0.3, 0.4) is 0 Å². The summed E-state index contributed by atoms with van der Waals surface area (Å²) in [5.41, 5.74) is 6.64. The zero-order valence-corrected chi connectivity index (χ0v) is 10.00. The first-order chi connectivity index (χ1) is 8.66. The lowest BCUT2D eigenvalue weighted by Gasteiger charge is -2.12. The van der Waals surface area contributed by atoms with E-state index < -0.39 is 0 Å². The number of anilines is 1. The Kier molecular flexibility index (Phi) is 3.52. The van der Waals surface area contributed by atoms with Gasteiger partial charge in [-0.15, -0.1) is 0 Å². The van der Waals surface area contributed by atoms with Gasteiger partial charge in [0.25, 0.3) is 5.91 Å². The van der Waals surface area contributed by atoms with Crippen molar-refractivity contribution < 1.29 is 4.79 Å². The molecule has 3 N–H and O–H groups in total. The summed E-state index contributed by atoms with van der Waals surface area (Å²) in [6.45, 7) is 1.87. The van der Waals surface area contributed by atoms with E-state index in [9.17, 15) is 4.79 Å². The normalized spacial score (nSPS) is 11.8. The molecule has 0 saturated carbocycles. The molecule has 0 radical (unpaired) electrons. The van der Waals surface area contributed by atoms with E-state index in [1.807, 2.05) is 25.1 Å². The molecule has 0 bridgehead atoms. The fourth-order valence-corrected chi connectivity index (χ4v) is 1.55. The molecule has 0 aromatic carbocycles. The van der Waals surface area contributed by atoms with Gasteiger partial charge < -0.3 is 11.1 Å². The van der Waals surface area contributed by atoms with Crippen LogP contribution in [0.2, 0.25) is 0 Å². The summed E-state index contributed by atoms with van der Waals surface area (Å²) in [7, 11) is 0. The predicted molar refractivity (Wildman–Crippen MR) is 68.8 cm³/mol. The minimum absolute atomic E-state index is 0.179. The lowest BCUT2D eigenvalue weighted by Crippen LogP contribution is -2.28. The van der Waals surface area contributed by atoms with Gasteiger partial charge in [-0.25, -0.2) is 4.98 Å². The monoisotopic (exact) mass is 242 g/mol. The minimum atomic E-state index is -0.263. The van der Waals surface area contributed by atoms with Crippen LogP contribution in [0.5, 0.6) is 0 Å². The predicted octanol–water partition coefficient (Wildman–Crippen LogP) is 1.55. The van der Waals surface area contributed by atoms with Gasteiger partial charge in [-0.05, 0) is 31.2 Å². The molecular weight excluding hydrogens is 228 g/mol. The fraction of sp³-hybridized carbons (Fsp3) is 0.154. The van der Waals surface area contributed by atoms with Crippen molar-refractivity contribution in [3.05, 3.63) is 54.0 Å². The van der Waals surface area contributed by atoms with Crippen molar-refractivity contribution in [3.63, 3.8) is 0 Å². The van der Waals surface area contributed by atoms with Crippen LogP contribution in [0, 0.1) is 0 Å². The van der Waals surface area contributed by atoms with Gasteiger partial charge in [0, 0.05) is 6.20 Å². The van der Waals surface area contributed by atoms with Crippen LogP contribution in [0.1, 0.15) is 29.1 Å². The average Bonchev–Trinajstić information content (AvgIpc) is 2.39. The number of amides is 1. The van der Waals surface area contributed by atoms with Crippen LogP contribution in [-0.4, -0.2) is 15.9 Å². The zero-order chi connectivity index (χ0) is 13.0. The molecule has 0 aliphatic carbocycles. The summed E-state index contributed by atoms with van der Waals surface area (Å²) >= 11 is 0. The molecule has 92 valence electrons. The maximum atomic E-state index is 11.9. The van der Waals surface area contributed by atoms with Gasteiger partial charge in [0.2, 0.25) is 0 Å². The highest BCUT2D eigenvalue weighted by Crippen LogP contribution is 2.09. The molecule has 5 heteroatoms. The van der Waals surface area contributed by atoms with Crippen LogP contribution >= 0.6 is 0 Å². The Morgan fingerprint density at radius 1 is 1.28 bits per heavy atom. The molecular formula is C13H14N4O. The first kappa shape index (κ1) is 12.0. The fourth-order valence-electron chi connectivity index (χ4n) is 1.55. The van der Waals surface area contributed by atoms with E-state index >= 15 is 0 Å². The molecule has 2 aromatic heterocycles. The third-order valence-corrected chi connectivity index (χ3v) is 2.48. The number of pyridine rings is 2. The van der Waals surface area contributed by atoms with Gasteiger partial charge in [0.1, 0.15) is 11.5 Å². The number of nitrogens with one attached hydrogen (secondary N) is 1. The maximum Gasteiger partial charge on any atom is 0.270 e. The van der Waals surface area contributed by atoms with Crippen LogP contribution < -0.4 is 11.1 Å².